The van der Waals surface area contributed by atoms with Gasteiger partial charge in [0.25, 0.3) is 0 Å². The number of fused-ring (bicyclic) bond motifs is 1. The number of pyridine rings is 1. The molecule has 1 aliphatic heterocycles. The fourth-order valence-electron chi connectivity index (χ4n) is 2.83. The number of nitrogens with one attached hydrogen (secondary N) is 2. The number of rotatable bonds is 2. The lowest BCUT2D eigenvalue weighted by molar-refractivity contribution is -0.119. The van der Waals surface area contributed by atoms with Crippen molar-refractivity contribution in [2.24, 2.45) is 5.92 Å². The van der Waals surface area contributed by atoms with Crippen LogP contribution in [0.4, 0.5) is 5.69 Å². The Balaban J connectivity index is 1.84. The van der Waals surface area contributed by atoms with Gasteiger partial charge in [-0.2, -0.15) is 0 Å². The van der Waals surface area contributed by atoms with Gasteiger partial charge >= 0.3 is 0 Å². The number of anilines is 1. The third kappa shape index (κ3) is 2.51. The van der Waals surface area contributed by atoms with Gasteiger partial charge in [0.1, 0.15) is 0 Å². The molecule has 2 N–H and O–H groups in total. The van der Waals surface area contributed by atoms with E-state index in [-0.39, 0.29) is 11.9 Å². The van der Waals surface area contributed by atoms with Crippen molar-refractivity contribution in [1.29, 1.82) is 0 Å². The van der Waals surface area contributed by atoms with Gasteiger partial charge in [0, 0.05) is 17.8 Å². The van der Waals surface area contributed by atoms with Crippen LogP contribution in [0.5, 0.6) is 0 Å². The van der Waals surface area contributed by atoms with Gasteiger partial charge in [-0.25, -0.2) is 0 Å². The molecule has 2 atom stereocenters. The predicted molar refractivity (Wildman–Crippen MR) is 80.6 cm³/mol. The van der Waals surface area contributed by atoms with E-state index in [0.717, 1.165) is 35.8 Å². The van der Waals surface area contributed by atoms with Crippen molar-refractivity contribution in [3.8, 4) is 0 Å². The second kappa shape index (κ2) is 5.59. The van der Waals surface area contributed by atoms with E-state index in [4.69, 9.17) is 0 Å². The van der Waals surface area contributed by atoms with Crippen LogP contribution < -0.4 is 10.6 Å². The first-order valence-corrected chi connectivity index (χ1v) is 7.13. The van der Waals surface area contributed by atoms with Crippen molar-refractivity contribution in [2.75, 3.05) is 11.9 Å². The topological polar surface area (TPSA) is 54.0 Å². The van der Waals surface area contributed by atoms with Gasteiger partial charge in [-0.3, -0.25) is 9.78 Å². The minimum absolute atomic E-state index is 0.0496. The standard InChI is InChI=1S/C16H19N3O/c1-11-4-3-8-18-15(11)16(20)19-14-6-2-5-12-7-9-17-10-13(12)14/h2,5-7,9-11,15,18H,3-4,8H2,1H3,(H,19,20). The van der Waals surface area contributed by atoms with Gasteiger partial charge in [-0.1, -0.05) is 19.1 Å². The number of amides is 1. The number of aromatic nitrogens is 1. The normalized spacial score (nSPS) is 22.6. The summed E-state index contributed by atoms with van der Waals surface area (Å²) in [4.78, 5) is 16.6. The molecule has 2 unspecified atom stereocenters. The summed E-state index contributed by atoms with van der Waals surface area (Å²) in [6.45, 7) is 3.04. The Morgan fingerprint density at radius 3 is 3.15 bits per heavy atom. The zero-order valence-electron chi connectivity index (χ0n) is 11.6. The molecule has 4 nitrogen and oxygen atoms in total. The van der Waals surface area contributed by atoms with Crippen LogP contribution in [-0.2, 0) is 4.79 Å². The maximum Gasteiger partial charge on any atom is 0.241 e. The minimum Gasteiger partial charge on any atom is -0.324 e. The Hall–Kier alpha value is -1.94. The highest BCUT2D eigenvalue weighted by atomic mass is 16.2. The summed E-state index contributed by atoms with van der Waals surface area (Å²) < 4.78 is 0. The number of piperidine rings is 1. The van der Waals surface area contributed by atoms with E-state index in [0.29, 0.717) is 5.92 Å². The van der Waals surface area contributed by atoms with E-state index in [1.807, 2.05) is 24.3 Å². The first-order chi connectivity index (χ1) is 9.75. The maximum absolute atomic E-state index is 12.4. The monoisotopic (exact) mass is 269 g/mol. The van der Waals surface area contributed by atoms with Gasteiger partial charge in [0.05, 0.1) is 11.7 Å². The lowest BCUT2D eigenvalue weighted by Crippen LogP contribution is -2.48. The summed E-state index contributed by atoms with van der Waals surface area (Å²) in [6.07, 6.45) is 5.80. The Morgan fingerprint density at radius 2 is 2.30 bits per heavy atom. The highest BCUT2D eigenvalue weighted by molar-refractivity contribution is 6.03. The average Bonchev–Trinajstić information content (AvgIpc) is 2.48. The third-order valence-corrected chi connectivity index (χ3v) is 3.99. The molecule has 2 heterocycles. The molecular weight excluding hydrogens is 250 g/mol. The molecule has 0 radical (unpaired) electrons. The second-order valence-electron chi connectivity index (χ2n) is 5.44. The van der Waals surface area contributed by atoms with E-state index < -0.39 is 0 Å². The second-order valence-corrected chi connectivity index (χ2v) is 5.44. The van der Waals surface area contributed by atoms with Crippen LogP contribution in [-0.4, -0.2) is 23.5 Å². The fraction of sp³-hybridized carbons (Fsp3) is 0.375. The van der Waals surface area contributed by atoms with Crippen molar-refractivity contribution in [3.05, 3.63) is 36.7 Å². The zero-order chi connectivity index (χ0) is 13.9. The van der Waals surface area contributed by atoms with E-state index in [9.17, 15) is 4.79 Å². The van der Waals surface area contributed by atoms with Gasteiger partial charge in [-0.15, -0.1) is 0 Å². The van der Waals surface area contributed by atoms with E-state index >= 15 is 0 Å². The summed E-state index contributed by atoms with van der Waals surface area (Å²) in [7, 11) is 0. The van der Waals surface area contributed by atoms with Crippen molar-refractivity contribution >= 4 is 22.4 Å². The summed E-state index contributed by atoms with van der Waals surface area (Å²) >= 11 is 0. The zero-order valence-corrected chi connectivity index (χ0v) is 11.6. The molecule has 3 rings (SSSR count). The number of hydrogen-bond acceptors (Lipinski definition) is 3. The van der Waals surface area contributed by atoms with Crippen molar-refractivity contribution in [1.82, 2.24) is 10.3 Å². The fourth-order valence-corrected chi connectivity index (χ4v) is 2.83. The first kappa shape index (κ1) is 13.1. The van der Waals surface area contributed by atoms with Gasteiger partial charge in [0.2, 0.25) is 5.91 Å². The molecule has 20 heavy (non-hydrogen) atoms. The molecule has 1 aromatic carbocycles. The largest absolute Gasteiger partial charge is 0.324 e. The summed E-state index contributed by atoms with van der Waals surface area (Å²) in [5, 5.41) is 8.42. The molecule has 1 aromatic heterocycles. The number of nitrogens with zero attached hydrogens (tertiary/aromatic N) is 1. The Morgan fingerprint density at radius 1 is 1.40 bits per heavy atom. The van der Waals surface area contributed by atoms with E-state index in [2.05, 4.69) is 22.5 Å². The molecule has 0 spiro atoms. The number of carbonyl (C=O) groups excluding carboxylic acids is 1. The molecule has 1 fully saturated rings. The molecule has 2 aromatic rings. The van der Waals surface area contributed by atoms with Crippen LogP contribution in [0.2, 0.25) is 0 Å². The SMILES string of the molecule is CC1CCCNC1C(=O)Nc1cccc2ccncc12. The van der Waals surface area contributed by atoms with Crippen molar-refractivity contribution in [3.63, 3.8) is 0 Å². The van der Waals surface area contributed by atoms with Crippen LogP contribution in [0, 0.1) is 5.92 Å². The molecule has 1 aliphatic rings. The quantitative estimate of drug-likeness (QED) is 0.881. The average molecular weight is 269 g/mol. The van der Waals surface area contributed by atoms with Crippen molar-refractivity contribution in [2.45, 2.75) is 25.8 Å². The Labute approximate surface area is 118 Å². The van der Waals surface area contributed by atoms with Crippen LogP contribution >= 0.6 is 0 Å². The van der Waals surface area contributed by atoms with Gasteiger partial charge in [0.15, 0.2) is 0 Å². The van der Waals surface area contributed by atoms with Crippen LogP contribution in [0.25, 0.3) is 10.8 Å². The van der Waals surface area contributed by atoms with Crippen LogP contribution in [0.3, 0.4) is 0 Å². The molecule has 1 saturated heterocycles. The molecule has 0 saturated carbocycles. The predicted octanol–water partition coefficient (Wildman–Crippen LogP) is 2.56. The van der Waals surface area contributed by atoms with Gasteiger partial charge in [-0.05, 0) is 42.8 Å². The molecule has 1 amide bonds. The highest BCUT2D eigenvalue weighted by Crippen LogP contribution is 2.23. The molecule has 0 aliphatic carbocycles. The lowest BCUT2D eigenvalue weighted by Gasteiger charge is -2.29. The van der Waals surface area contributed by atoms with Crippen LogP contribution in [0.1, 0.15) is 19.8 Å². The number of carbonyl (C=O) groups is 1. The maximum atomic E-state index is 12.4. The summed E-state index contributed by atoms with van der Waals surface area (Å²) in [6, 6.07) is 7.75. The van der Waals surface area contributed by atoms with E-state index in [1.165, 1.54) is 0 Å². The summed E-state index contributed by atoms with van der Waals surface area (Å²) in [5.74, 6) is 0.422. The Kier molecular flexibility index (Phi) is 3.65. The number of hydrogen-bond donors (Lipinski definition) is 2. The molecule has 0 bridgehead atoms. The van der Waals surface area contributed by atoms with Crippen LogP contribution in [0.15, 0.2) is 36.7 Å². The number of benzene rings is 1. The first-order valence-electron chi connectivity index (χ1n) is 7.13. The molecule has 104 valence electrons. The smallest absolute Gasteiger partial charge is 0.241 e. The molecule has 4 heteroatoms. The third-order valence-electron chi connectivity index (χ3n) is 3.99. The Bertz CT molecular complexity index is 621. The van der Waals surface area contributed by atoms with E-state index in [1.54, 1.807) is 12.4 Å². The van der Waals surface area contributed by atoms with Gasteiger partial charge < -0.3 is 10.6 Å². The van der Waals surface area contributed by atoms with Crippen molar-refractivity contribution < 1.29 is 4.79 Å². The minimum atomic E-state index is -0.101. The summed E-state index contributed by atoms with van der Waals surface area (Å²) in [5.41, 5.74) is 0.833. The lowest BCUT2D eigenvalue weighted by atomic mass is 9.92. The highest BCUT2D eigenvalue weighted by Gasteiger charge is 2.27. The molecular formula is C16H19N3O.